The quantitative estimate of drug-likeness (QED) is 0.208. The van der Waals surface area contributed by atoms with Crippen molar-refractivity contribution < 1.29 is 13.2 Å². The molecule has 0 bridgehead atoms. The Morgan fingerprint density at radius 2 is 1.95 bits per heavy atom. The summed E-state index contributed by atoms with van der Waals surface area (Å²) in [5.41, 5.74) is 9.69. The molecule has 11 heteroatoms. The van der Waals surface area contributed by atoms with Crippen LogP contribution in [0, 0.1) is 12.7 Å². The minimum atomic E-state index is -0.852. The van der Waals surface area contributed by atoms with E-state index in [1.54, 1.807) is 0 Å². The van der Waals surface area contributed by atoms with Gasteiger partial charge in [-0.2, -0.15) is 5.10 Å². The van der Waals surface area contributed by atoms with E-state index in [9.17, 15) is 8.78 Å². The van der Waals surface area contributed by atoms with Crippen molar-refractivity contribution in [3.05, 3.63) is 83.6 Å². The lowest BCUT2D eigenvalue weighted by atomic mass is 10.0. The number of imidazole rings is 1. The first-order valence-electron chi connectivity index (χ1n) is 13.6. The number of rotatable bonds is 4. The van der Waals surface area contributed by atoms with Crippen LogP contribution in [-0.4, -0.2) is 30.9 Å². The monoisotopic (exact) mass is 593 g/mol. The average Bonchev–Trinajstić information content (AvgIpc) is 3.66. The zero-order chi connectivity index (χ0) is 30.6. The van der Waals surface area contributed by atoms with E-state index in [4.69, 9.17) is 10.1 Å². The predicted octanol–water partition coefficient (Wildman–Crippen LogP) is 7.73. The van der Waals surface area contributed by atoms with Crippen LogP contribution >= 0.6 is 11.3 Å². The molecule has 7 nitrogen and oxygen atoms in total. The summed E-state index contributed by atoms with van der Waals surface area (Å²) in [5.74, 6) is -0.479. The largest absolute Gasteiger partial charge is 0.405 e. The highest BCUT2D eigenvalue weighted by Crippen LogP contribution is 2.41. The third-order valence-corrected chi connectivity index (χ3v) is 7.77. The number of hydrogen-bond donors (Lipinski definition) is 2. The Kier molecular flexibility index (Phi) is 9.64. The summed E-state index contributed by atoms with van der Waals surface area (Å²) in [6.45, 7) is 12.5. The second-order valence-electron chi connectivity index (χ2n) is 9.43. The average molecular weight is 594 g/mol. The lowest BCUT2D eigenvalue weighted by Gasteiger charge is -2.21. The van der Waals surface area contributed by atoms with Crippen LogP contribution in [0.25, 0.3) is 49.8 Å². The smallest absolute Gasteiger partial charge is 0.142 e. The Balaban J connectivity index is 0.000000763. The second-order valence-corrected chi connectivity index (χ2v) is 10.3. The zero-order valence-electron chi connectivity index (χ0n) is 24.3. The van der Waals surface area contributed by atoms with Crippen molar-refractivity contribution in [2.75, 3.05) is 6.54 Å². The number of aromatic nitrogens is 5. The van der Waals surface area contributed by atoms with Gasteiger partial charge in [-0.05, 0) is 44.3 Å². The van der Waals surface area contributed by atoms with Gasteiger partial charge < -0.3 is 15.6 Å². The third-order valence-electron chi connectivity index (χ3n) is 6.81. The van der Waals surface area contributed by atoms with E-state index in [0.717, 1.165) is 40.7 Å². The summed E-state index contributed by atoms with van der Waals surface area (Å²) in [7, 11) is 1.95. The van der Waals surface area contributed by atoms with Crippen LogP contribution in [-0.2, 0) is 13.6 Å². The van der Waals surface area contributed by atoms with Gasteiger partial charge in [-0.1, -0.05) is 26.5 Å². The number of halogens is 3. The van der Waals surface area contributed by atoms with Gasteiger partial charge in [0.25, 0.3) is 0 Å². The van der Waals surface area contributed by atoms with Crippen molar-refractivity contribution in [3.63, 3.8) is 0 Å². The van der Waals surface area contributed by atoms with Crippen molar-refractivity contribution >= 4 is 38.5 Å². The fraction of sp³-hybridized carbons (Fsp3) is 0.258. The first kappa shape index (κ1) is 30.7. The molecule has 220 valence electrons. The Bertz CT molecular complexity index is 1800. The van der Waals surface area contributed by atoms with Gasteiger partial charge in [-0.15, -0.1) is 11.3 Å². The number of pyridine rings is 1. The van der Waals surface area contributed by atoms with Gasteiger partial charge in [0.2, 0.25) is 0 Å². The van der Waals surface area contributed by atoms with E-state index >= 15 is 4.39 Å². The van der Waals surface area contributed by atoms with Crippen LogP contribution in [0.15, 0.2) is 60.7 Å². The van der Waals surface area contributed by atoms with Crippen molar-refractivity contribution in [2.24, 2.45) is 12.8 Å². The maximum Gasteiger partial charge on any atom is 0.142 e. The van der Waals surface area contributed by atoms with Crippen LogP contribution < -0.4 is 11.1 Å². The molecule has 42 heavy (non-hydrogen) atoms. The number of nitrogens with one attached hydrogen (secondary N) is 1. The molecule has 4 aromatic heterocycles. The van der Waals surface area contributed by atoms with Crippen molar-refractivity contribution in [1.29, 1.82) is 0 Å². The highest BCUT2D eigenvalue weighted by Gasteiger charge is 2.25. The molecule has 0 fully saturated rings. The fourth-order valence-electron chi connectivity index (χ4n) is 4.91. The highest BCUT2D eigenvalue weighted by molar-refractivity contribution is 7.17. The molecule has 1 unspecified atom stereocenters. The molecular formula is C31H34F3N7S. The number of nitrogens with two attached hydrogens (primary N) is 1. The summed E-state index contributed by atoms with van der Waals surface area (Å²) in [6.07, 6.45) is 3.17. The molecule has 1 aliphatic heterocycles. The van der Waals surface area contributed by atoms with Crippen molar-refractivity contribution in [2.45, 2.75) is 40.3 Å². The zero-order valence-corrected chi connectivity index (χ0v) is 25.1. The Morgan fingerprint density at radius 1 is 1.21 bits per heavy atom. The second kappa shape index (κ2) is 13.2. The molecule has 0 amide bonds. The molecule has 0 saturated carbocycles. The summed E-state index contributed by atoms with van der Waals surface area (Å²) < 4.78 is 47.2. The van der Waals surface area contributed by atoms with E-state index < -0.39 is 11.6 Å². The van der Waals surface area contributed by atoms with Gasteiger partial charge in [0, 0.05) is 48.1 Å². The summed E-state index contributed by atoms with van der Waals surface area (Å²) in [4.78, 5) is 9.59. The van der Waals surface area contributed by atoms with Gasteiger partial charge in [-0.25, -0.2) is 23.1 Å². The minimum Gasteiger partial charge on any atom is -0.405 e. The summed E-state index contributed by atoms with van der Waals surface area (Å²) >= 11 is 1.19. The maximum atomic E-state index is 15.3. The molecule has 5 heterocycles. The standard InChI is InChI=1S/C27H23F3N6S.C2H5N.C2H6/c1-14-11-31-12-18-10-22(34-36(14)18)26-19(9-17(29)6-7-28)24-20(30)13-37-27(24)25(33-26)16-4-5-23-21(8-16)32-15(2)35(23)3;1-2-3;1-2/h4-10,13-14,31H,11-12H2,1-3H3;2H,1,3H2;1-2H3/b7-6+,17-9?;;. The fourth-order valence-corrected chi connectivity index (χ4v) is 5.85. The number of benzene rings is 1. The molecule has 0 radical (unpaired) electrons. The number of allylic oxidation sites excluding steroid dienone is 2. The molecule has 1 aliphatic rings. The SMILES string of the molecule is C=CN.CC.Cc1nc2cc(-c3nc(-c4cc5n(n4)C(C)CNC5)c(C=C(F)/C=C/F)c4c(F)csc34)ccc2n1C. The van der Waals surface area contributed by atoms with E-state index in [2.05, 4.69) is 22.6 Å². The number of fused-ring (bicyclic) bond motifs is 3. The van der Waals surface area contributed by atoms with Crippen LogP contribution in [0.4, 0.5) is 13.2 Å². The normalized spacial score (nSPS) is 14.9. The molecule has 1 aromatic carbocycles. The van der Waals surface area contributed by atoms with E-state index in [1.807, 2.05) is 68.3 Å². The van der Waals surface area contributed by atoms with Crippen LogP contribution in [0.1, 0.15) is 43.9 Å². The van der Waals surface area contributed by atoms with Crippen LogP contribution in [0.3, 0.4) is 0 Å². The lowest BCUT2D eigenvalue weighted by Crippen LogP contribution is -2.31. The van der Waals surface area contributed by atoms with E-state index in [-0.39, 0.29) is 23.3 Å². The molecule has 5 aromatic rings. The Hall–Kier alpha value is -4.22. The Labute approximate surface area is 246 Å². The summed E-state index contributed by atoms with van der Waals surface area (Å²) in [5, 5.41) is 9.72. The molecule has 6 rings (SSSR count). The summed E-state index contributed by atoms with van der Waals surface area (Å²) in [6, 6.07) is 7.81. The number of hydrogen-bond acceptors (Lipinski definition) is 6. The lowest BCUT2D eigenvalue weighted by molar-refractivity contribution is 0.392. The molecule has 3 N–H and O–H groups in total. The molecule has 0 spiro atoms. The predicted molar refractivity (Wildman–Crippen MR) is 167 cm³/mol. The molecule has 0 saturated heterocycles. The number of aryl methyl sites for hydroxylation is 2. The van der Waals surface area contributed by atoms with Gasteiger partial charge in [-0.3, -0.25) is 4.68 Å². The first-order chi connectivity index (χ1) is 20.3. The molecule has 0 aliphatic carbocycles. The molecule has 1 atom stereocenters. The van der Waals surface area contributed by atoms with E-state index in [0.29, 0.717) is 34.4 Å². The molecular weight excluding hydrogens is 559 g/mol. The van der Waals surface area contributed by atoms with Gasteiger partial charge in [0.05, 0.1) is 45.2 Å². The number of nitrogens with zero attached hydrogens (tertiary/aromatic N) is 5. The van der Waals surface area contributed by atoms with Crippen molar-refractivity contribution in [1.82, 2.24) is 29.6 Å². The van der Waals surface area contributed by atoms with Gasteiger partial charge in [0.15, 0.2) is 0 Å². The highest BCUT2D eigenvalue weighted by atomic mass is 32.1. The minimum absolute atomic E-state index is 0.110. The number of thiophene rings is 1. The first-order valence-corrected chi connectivity index (χ1v) is 14.5. The third kappa shape index (κ3) is 5.75. The van der Waals surface area contributed by atoms with Gasteiger partial charge >= 0.3 is 0 Å². The van der Waals surface area contributed by atoms with Gasteiger partial charge in [0.1, 0.15) is 23.2 Å². The maximum absolute atomic E-state index is 15.3. The van der Waals surface area contributed by atoms with E-state index in [1.165, 1.54) is 22.9 Å². The van der Waals surface area contributed by atoms with Crippen LogP contribution in [0.5, 0.6) is 0 Å². The van der Waals surface area contributed by atoms with Crippen molar-refractivity contribution in [3.8, 4) is 22.6 Å². The van der Waals surface area contributed by atoms with Crippen LogP contribution in [0.2, 0.25) is 0 Å². The topological polar surface area (TPSA) is 86.6 Å². The Morgan fingerprint density at radius 3 is 2.64 bits per heavy atom.